The van der Waals surface area contributed by atoms with Crippen molar-refractivity contribution in [2.24, 2.45) is 4.99 Å². The van der Waals surface area contributed by atoms with Crippen LogP contribution in [0.5, 0.6) is 0 Å². The summed E-state index contributed by atoms with van der Waals surface area (Å²) in [5.41, 5.74) is 2.06. The summed E-state index contributed by atoms with van der Waals surface area (Å²) in [7, 11) is 1.56. The van der Waals surface area contributed by atoms with Gasteiger partial charge >= 0.3 is 0 Å². The lowest BCUT2D eigenvalue weighted by Gasteiger charge is -2.37. The Kier molecular flexibility index (Phi) is 10.3. The summed E-state index contributed by atoms with van der Waals surface area (Å²) in [5.74, 6) is -0.0124. The maximum absolute atomic E-state index is 12.6. The molecule has 1 saturated heterocycles. The van der Waals surface area contributed by atoms with E-state index >= 15 is 0 Å². The molecule has 196 valence electrons. The minimum Gasteiger partial charge on any atom is -0.352 e. The molecule has 2 aromatic heterocycles. The number of hydrogen-bond donors (Lipinski definition) is 2. The topological polar surface area (TPSA) is 116 Å². The fraction of sp³-hybridized carbons (Fsp3) is 0.522. The second-order valence-electron chi connectivity index (χ2n) is 8.70. The molecule has 1 unspecified atom stereocenters. The van der Waals surface area contributed by atoms with E-state index in [1.165, 1.54) is 5.01 Å². The lowest BCUT2D eigenvalue weighted by Crippen LogP contribution is -2.54. The molecule has 1 aliphatic rings. The van der Waals surface area contributed by atoms with E-state index in [4.69, 9.17) is 23.2 Å². The van der Waals surface area contributed by atoms with Crippen molar-refractivity contribution in [1.29, 1.82) is 0 Å². The molecule has 3 rings (SSSR count). The van der Waals surface area contributed by atoms with Crippen LogP contribution in [0.3, 0.4) is 0 Å². The number of amides is 1. The first-order valence-electron chi connectivity index (χ1n) is 11.7. The zero-order valence-electron chi connectivity index (χ0n) is 20.5. The van der Waals surface area contributed by atoms with Gasteiger partial charge in [-0.2, -0.15) is 11.3 Å². The van der Waals surface area contributed by atoms with Gasteiger partial charge in [-0.25, -0.2) is 15.1 Å². The quantitative estimate of drug-likeness (QED) is 0.158. The summed E-state index contributed by atoms with van der Waals surface area (Å²) in [6.07, 6.45) is 2.01. The Morgan fingerprint density at radius 1 is 1.39 bits per heavy atom. The number of nitrogens with zero attached hydrogens (tertiary/aromatic N) is 5. The molecule has 1 atom stereocenters. The van der Waals surface area contributed by atoms with Gasteiger partial charge in [-0.15, -0.1) is 0 Å². The van der Waals surface area contributed by atoms with Gasteiger partial charge in [-0.05, 0) is 67.1 Å². The highest BCUT2D eigenvalue weighted by Gasteiger charge is 2.35. The number of thiophene rings is 1. The Morgan fingerprint density at radius 3 is 2.69 bits per heavy atom. The largest absolute Gasteiger partial charge is 0.352 e. The van der Waals surface area contributed by atoms with Gasteiger partial charge in [0.2, 0.25) is 0 Å². The third kappa shape index (κ3) is 7.28. The van der Waals surface area contributed by atoms with Crippen molar-refractivity contribution >= 4 is 46.4 Å². The lowest BCUT2D eigenvalue weighted by molar-refractivity contribution is -0.639. The Bertz CT molecular complexity index is 1050. The molecule has 0 radical (unpaired) electrons. The van der Waals surface area contributed by atoms with Crippen molar-refractivity contribution in [3.8, 4) is 0 Å². The molecule has 0 spiro atoms. The number of nitro groups is 1. The maximum Gasteiger partial charge on any atom is 0.257 e. The number of carbonyl (C=O) groups excluding carboxylic acids is 1. The van der Waals surface area contributed by atoms with Crippen molar-refractivity contribution in [1.82, 2.24) is 25.5 Å². The summed E-state index contributed by atoms with van der Waals surface area (Å²) in [6.45, 7) is 6.26. The Morgan fingerprint density at radius 2 is 2.11 bits per heavy atom. The van der Waals surface area contributed by atoms with E-state index in [9.17, 15) is 14.9 Å². The molecule has 13 heteroatoms. The molecular weight excluding hydrogens is 525 g/mol. The summed E-state index contributed by atoms with van der Waals surface area (Å²) < 4.78 is 0. The number of hydrazine groups is 1. The predicted octanol–water partition coefficient (Wildman–Crippen LogP) is 4.00. The van der Waals surface area contributed by atoms with E-state index in [2.05, 4.69) is 32.4 Å². The average Bonchev–Trinajstić information content (AvgIpc) is 3.34. The molecule has 0 saturated carbocycles. The molecule has 2 aromatic rings. The van der Waals surface area contributed by atoms with Gasteiger partial charge in [0.05, 0.1) is 5.56 Å². The smallest absolute Gasteiger partial charge is 0.257 e. The summed E-state index contributed by atoms with van der Waals surface area (Å²) in [6, 6.07) is 3.53. The number of guanidine groups is 1. The second-order valence-corrected chi connectivity index (χ2v) is 10.2. The minimum atomic E-state index is -0.374. The molecular formula is C23H31Cl2N7O3S. The van der Waals surface area contributed by atoms with Gasteiger partial charge in [0.1, 0.15) is 16.3 Å². The molecule has 2 N–H and O–H groups in total. The summed E-state index contributed by atoms with van der Waals surface area (Å²) in [5, 5.41) is 23.0. The number of hydrogen-bond acceptors (Lipinski definition) is 7. The van der Waals surface area contributed by atoms with Gasteiger partial charge in [0.25, 0.3) is 11.9 Å². The normalized spacial score (nSPS) is 16.0. The third-order valence-electron chi connectivity index (χ3n) is 6.32. The van der Waals surface area contributed by atoms with Crippen LogP contribution in [0.1, 0.15) is 47.7 Å². The lowest BCUT2D eigenvalue weighted by atomic mass is 10.0. The molecule has 10 nitrogen and oxygen atoms in total. The highest BCUT2D eigenvalue weighted by molar-refractivity contribution is 7.07. The minimum absolute atomic E-state index is 0.0859. The van der Waals surface area contributed by atoms with Crippen molar-refractivity contribution in [2.45, 2.75) is 51.7 Å². The van der Waals surface area contributed by atoms with Gasteiger partial charge in [-0.3, -0.25) is 9.79 Å². The fourth-order valence-corrected chi connectivity index (χ4v) is 5.61. The highest BCUT2D eigenvalue weighted by Crippen LogP contribution is 2.22. The average molecular weight is 557 g/mol. The first-order chi connectivity index (χ1) is 17.2. The maximum atomic E-state index is 12.6. The van der Waals surface area contributed by atoms with E-state index < -0.39 is 0 Å². The Hall–Kier alpha value is -2.47. The van der Waals surface area contributed by atoms with Crippen LogP contribution in [-0.2, 0) is 6.54 Å². The number of carbonyl (C=O) groups is 1. The van der Waals surface area contributed by atoms with E-state index in [0.29, 0.717) is 37.1 Å². The first-order valence-corrected chi connectivity index (χ1v) is 13.4. The van der Waals surface area contributed by atoms with E-state index in [0.717, 1.165) is 25.1 Å². The standard InChI is InChI=1S/C23H31Cl2N7O3S/c1-15-12-19(24)29-21(25)20(15)22(33)27-8-4-16(2)30-9-5-18(6-10-30)31(32(34)35)23(26-3)28-13-17-7-11-36-14-17/h7,11-12,14,16,18H,4-6,8-10,13H2,1-3H3,(H,26,28)(H,27,33). The van der Waals surface area contributed by atoms with E-state index in [1.54, 1.807) is 31.4 Å². The molecule has 1 amide bonds. The number of pyridine rings is 1. The molecule has 0 aromatic carbocycles. The molecule has 1 aliphatic heterocycles. The van der Waals surface area contributed by atoms with Crippen LogP contribution in [0, 0.1) is 17.0 Å². The van der Waals surface area contributed by atoms with Crippen LogP contribution in [-0.4, -0.2) is 70.6 Å². The third-order valence-corrected chi connectivity index (χ3v) is 7.52. The molecule has 3 heterocycles. The highest BCUT2D eigenvalue weighted by atomic mass is 35.5. The molecule has 0 bridgehead atoms. The van der Waals surface area contributed by atoms with Crippen LogP contribution in [0.15, 0.2) is 27.9 Å². The van der Waals surface area contributed by atoms with E-state index in [1.807, 2.05) is 16.8 Å². The summed E-state index contributed by atoms with van der Waals surface area (Å²) in [4.78, 5) is 34.9. The van der Waals surface area contributed by atoms with Gasteiger partial charge < -0.3 is 15.5 Å². The van der Waals surface area contributed by atoms with E-state index in [-0.39, 0.29) is 39.3 Å². The molecule has 0 aliphatic carbocycles. The van der Waals surface area contributed by atoms with Crippen LogP contribution >= 0.6 is 34.5 Å². The Balaban J connectivity index is 1.48. The molecule has 36 heavy (non-hydrogen) atoms. The fourth-order valence-electron chi connectivity index (χ4n) is 4.33. The van der Waals surface area contributed by atoms with Crippen LogP contribution in [0.25, 0.3) is 0 Å². The number of aromatic nitrogens is 1. The van der Waals surface area contributed by atoms with Crippen molar-refractivity contribution in [3.63, 3.8) is 0 Å². The first kappa shape index (κ1) is 28.1. The number of halogens is 2. The summed E-state index contributed by atoms with van der Waals surface area (Å²) >= 11 is 13.6. The Labute approximate surface area is 224 Å². The number of rotatable bonds is 9. The van der Waals surface area contributed by atoms with Gasteiger partial charge in [0.15, 0.2) is 5.03 Å². The van der Waals surface area contributed by atoms with Crippen LogP contribution < -0.4 is 10.6 Å². The monoisotopic (exact) mass is 555 g/mol. The zero-order valence-corrected chi connectivity index (χ0v) is 22.9. The van der Waals surface area contributed by atoms with Gasteiger partial charge in [0, 0.05) is 39.3 Å². The van der Waals surface area contributed by atoms with Crippen LogP contribution in [0.2, 0.25) is 10.3 Å². The molecule has 1 fully saturated rings. The number of piperidine rings is 1. The van der Waals surface area contributed by atoms with Crippen molar-refractivity contribution in [2.75, 3.05) is 26.7 Å². The number of aliphatic imine (C=N–C) groups is 1. The van der Waals surface area contributed by atoms with Gasteiger partial charge in [-0.1, -0.05) is 28.2 Å². The number of aryl methyl sites for hydroxylation is 1. The van der Waals surface area contributed by atoms with Crippen LogP contribution in [0.4, 0.5) is 0 Å². The van der Waals surface area contributed by atoms with Crippen molar-refractivity contribution < 1.29 is 9.83 Å². The van der Waals surface area contributed by atoms with Crippen molar-refractivity contribution in [3.05, 3.63) is 60.0 Å². The number of nitrogens with one attached hydrogen (secondary N) is 2. The number of likely N-dealkylation sites (tertiary alicyclic amines) is 1. The predicted molar refractivity (Wildman–Crippen MR) is 143 cm³/mol. The SMILES string of the molecule is CN=C(NCc1ccsc1)N(C1CCN(C(C)CCNC(=O)c2c(C)cc(Cl)nc2Cl)CC1)[N+](=O)[O-]. The second kappa shape index (κ2) is 13.2. The zero-order chi connectivity index (χ0) is 26.2.